The van der Waals surface area contributed by atoms with Crippen LogP contribution in [0.25, 0.3) is 113 Å². The summed E-state index contributed by atoms with van der Waals surface area (Å²) in [4.78, 5) is 10.0. The van der Waals surface area contributed by atoms with Crippen LogP contribution in [0.5, 0.6) is 0 Å². The zero-order valence-corrected chi connectivity index (χ0v) is 66.6. The van der Waals surface area contributed by atoms with Crippen molar-refractivity contribution in [1.29, 1.82) is 0 Å². The molecule has 0 N–H and O–H groups in total. The number of para-hydroxylation sites is 6. The normalized spacial score (nSPS) is 15.5. The minimum Gasteiger partial charge on any atom is -0.310 e. The fourth-order valence-corrected chi connectivity index (χ4v) is 26.2. The molecule has 20 aromatic rings. The summed E-state index contributed by atoms with van der Waals surface area (Å²) in [6.45, 7) is 19.4. The predicted octanol–water partition coefficient (Wildman–Crippen LogP) is 31.6. The van der Waals surface area contributed by atoms with Crippen molar-refractivity contribution in [3.05, 3.63) is 348 Å². The highest BCUT2D eigenvalue weighted by atomic mass is 32.1. The summed E-state index contributed by atoms with van der Waals surface area (Å²) in [5, 5.41) is 15.9. The monoisotopic (exact) mass is 1510 g/mol. The minimum absolute atomic E-state index is 0.190. The van der Waals surface area contributed by atoms with Gasteiger partial charge in [0.1, 0.15) is 0 Å². The molecule has 4 aliphatic rings. The van der Waals surface area contributed by atoms with Gasteiger partial charge in [-0.2, -0.15) is 0 Å². The number of hydrogen-bond donors (Lipinski definition) is 0. The van der Waals surface area contributed by atoms with Gasteiger partial charge in [-0.15, -0.1) is 45.3 Å². The molecule has 112 heavy (non-hydrogen) atoms. The van der Waals surface area contributed by atoms with E-state index in [1.54, 1.807) is 0 Å². The first-order valence-corrected chi connectivity index (χ1v) is 42.4. The molecule has 4 nitrogen and oxygen atoms in total. The Morgan fingerprint density at radius 2 is 0.491 bits per heavy atom. The van der Waals surface area contributed by atoms with Crippen LogP contribution in [-0.2, 0) is 21.7 Å². The van der Waals surface area contributed by atoms with Gasteiger partial charge in [-0.25, -0.2) is 0 Å². The van der Waals surface area contributed by atoms with Gasteiger partial charge in [-0.05, 0) is 154 Å². The molecule has 0 bridgehead atoms. The summed E-state index contributed by atoms with van der Waals surface area (Å²) < 4.78 is 10.7. The summed E-state index contributed by atoms with van der Waals surface area (Å²) >= 11 is 7.85. The van der Waals surface area contributed by atoms with Crippen LogP contribution >= 0.6 is 45.3 Å². The van der Waals surface area contributed by atoms with Gasteiger partial charge >= 0.3 is 0 Å². The van der Waals surface area contributed by atoms with Crippen molar-refractivity contribution in [2.75, 3.05) is 19.6 Å². The number of benzene rings is 16. The van der Waals surface area contributed by atoms with Gasteiger partial charge in [-0.1, -0.05) is 250 Å². The molecular weight excluding hydrogens is 1430 g/mol. The zero-order chi connectivity index (χ0) is 74.7. The van der Waals surface area contributed by atoms with Crippen LogP contribution in [0.4, 0.5) is 68.2 Å². The van der Waals surface area contributed by atoms with E-state index in [0.717, 1.165) is 11.4 Å². The topological polar surface area (TPSA) is 13.0 Å². The Labute approximate surface area is 666 Å². The standard InChI is InChI=1S/C104H74N4S4/c1-101(2)77-30-15-19-34-83(77)106(62-27-13-10-14-28-62)89-57-91-75(55-81(89)101)73-48-46-66-65(95(73)109-91)47-49-74-76-56-82-90(58-92(76)110-96(66)74)107(84-35-20-16-31-78(84)102(82,3)4)63-40-38-59(39-41-63)60-24-23-29-64(54-60)108-86-37-22-18-33-80(86)104(7,8)94-88(108)53-51-72-70-45-43-67-68(98(70)112-100(72)94)42-44-69-71-50-52-87-93(99(71)111-97(67)69)103(5,6)79-32-17-21-36-85(79)105(87)61-25-11-9-12-26-61/h9-58H,1-8H3. The number of anilines is 12. The van der Waals surface area contributed by atoms with Gasteiger partial charge in [-0.3, -0.25) is 0 Å². The van der Waals surface area contributed by atoms with Crippen LogP contribution in [0.1, 0.15) is 99.9 Å². The van der Waals surface area contributed by atoms with E-state index in [9.17, 15) is 0 Å². The third-order valence-electron chi connectivity index (χ3n) is 26.1. The SMILES string of the molecule is CC1(C)c2ccccc2N(c2ccccc2)c2cc3sc4c(ccc5c4ccc4c6cc7c(cc6sc45)N(c4ccc(-c5cccc(N6c8ccccc8C(C)(C)c8c6ccc6c8sc8c6ccc6c8ccc8c9ccc%10c(c9sc86)C(C)(C)c6ccccc6N%10c6ccccc6)c5)cc4)c4ccccc4C7(C)C)c3cc21. The molecule has 0 aliphatic carbocycles. The maximum atomic E-state index is 2.55. The lowest BCUT2D eigenvalue weighted by Gasteiger charge is -2.42. The summed E-state index contributed by atoms with van der Waals surface area (Å²) in [5.74, 6) is 0. The summed E-state index contributed by atoms with van der Waals surface area (Å²) in [7, 11) is 0. The molecule has 4 aromatic heterocycles. The molecule has 0 saturated carbocycles. The van der Waals surface area contributed by atoms with E-state index >= 15 is 0 Å². The van der Waals surface area contributed by atoms with E-state index in [2.05, 4.69) is 378 Å². The first kappa shape index (κ1) is 64.9. The third-order valence-corrected chi connectivity index (χ3v) is 31.0. The highest BCUT2D eigenvalue weighted by Crippen LogP contribution is 2.62. The molecule has 0 radical (unpaired) electrons. The fraction of sp³-hybridized carbons (Fsp3) is 0.115. The number of nitrogens with zero attached hydrogens (tertiary/aromatic N) is 4. The van der Waals surface area contributed by atoms with Crippen molar-refractivity contribution in [3.63, 3.8) is 0 Å². The van der Waals surface area contributed by atoms with Crippen molar-refractivity contribution in [2.24, 2.45) is 0 Å². The first-order valence-electron chi connectivity index (χ1n) is 39.1. The van der Waals surface area contributed by atoms with Gasteiger partial charge < -0.3 is 19.6 Å². The van der Waals surface area contributed by atoms with Crippen LogP contribution in [0, 0.1) is 0 Å². The molecule has 24 rings (SSSR count). The van der Waals surface area contributed by atoms with E-state index in [-0.39, 0.29) is 21.7 Å². The average Bonchev–Trinajstić information content (AvgIpc) is 1.60. The Morgan fingerprint density at radius 1 is 0.188 bits per heavy atom. The highest BCUT2D eigenvalue weighted by molar-refractivity contribution is 7.29. The third kappa shape index (κ3) is 8.70. The van der Waals surface area contributed by atoms with Crippen molar-refractivity contribution in [1.82, 2.24) is 0 Å². The lowest BCUT2D eigenvalue weighted by atomic mass is 9.73. The molecule has 0 amide bonds. The van der Waals surface area contributed by atoms with E-state index in [1.165, 1.54) is 215 Å². The van der Waals surface area contributed by atoms with Crippen molar-refractivity contribution in [3.8, 4) is 11.1 Å². The molecule has 0 unspecified atom stereocenters. The number of fused-ring (bicyclic) bond motifs is 28. The van der Waals surface area contributed by atoms with Gasteiger partial charge in [0.25, 0.3) is 0 Å². The predicted molar refractivity (Wildman–Crippen MR) is 486 cm³/mol. The molecule has 8 heterocycles. The van der Waals surface area contributed by atoms with Crippen LogP contribution in [0.3, 0.4) is 0 Å². The Hall–Kier alpha value is -11.9. The Kier molecular flexibility index (Phi) is 13.3. The molecule has 534 valence electrons. The first-order chi connectivity index (χ1) is 54.6. The maximum Gasteiger partial charge on any atom is 0.0517 e. The molecule has 0 atom stereocenters. The number of thiophene rings is 4. The second-order valence-corrected chi connectivity index (χ2v) is 37.6. The van der Waals surface area contributed by atoms with Crippen LogP contribution < -0.4 is 19.6 Å². The van der Waals surface area contributed by atoms with Crippen LogP contribution in [0.2, 0.25) is 0 Å². The lowest BCUT2D eigenvalue weighted by molar-refractivity contribution is 0.633. The molecule has 4 aliphatic heterocycles. The quantitative estimate of drug-likeness (QED) is 0.170. The fourth-order valence-electron chi connectivity index (χ4n) is 20.6. The summed E-state index contributed by atoms with van der Waals surface area (Å²) in [5.41, 5.74) is 26.7. The van der Waals surface area contributed by atoms with Crippen molar-refractivity contribution < 1.29 is 0 Å². The lowest BCUT2D eigenvalue weighted by Crippen LogP contribution is -2.30. The zero-order valence-electron chi connectivity index (χ0n) is 63.3. The number of rotatable bonds is 5. The van der Waals surface area contributed by atoms with E-state index < -0.39 is 0 Å². The summed E-state index contributed by atoms with van der Waals surface area (Å²) in [6, 6.07) is 116. The van der Waals surface area contributed by atoms with E-state index in [1.807, 2.05) is 45.3 Å². The molecule has 0 fully saturated rings. The average molecular weight is 1510 g/mol. The van der Waals surface area contributed by atoms with Gasteiger partial charge in [0.05, 0.1) is 45.5 Å². The van der Waals surface area contributed by atoms with Gasteiger partial charge in [0, 0.05) is 158 Å². The Balaban J connectivity index is 0.593. The van der Waals surface area contributed by atoms with Gasteiger partial charge in [0.2, 0.25) is 0 Å². The van der Waals surface area contributed by atoms with Gasteiger partial charge in [0.15, 0.2) is 0 Å². The number of hydrogen-bond acceptors (Lipinski definition) is 8. The van der Waals surface area contributed by atoms with E-state index in [4.69, 9.17) is 0 Å². The second kappa shape index (κ2) is 22.9. The van der Waals surface area contributed by atoms with Crippen LogP contribution in [-0.4, -0.2) is 0 Å². The van der Waals surface area contributed by atoms with Crippen molar-refractivity contribution in [2.45, 2.75) is 77.0 Å². The summed E-state index contributed by atoms with van der Waals surface area (Å²) in [6.07, 6.45) is 0. The molecule has 16 aromatic carbocycles. The Morgan fingerprint density at radius 3 is 0.893 bits per heavy atom. The van der Waals surface area contributed by atoms with Crippen molar-refractivity contribution >= 4 is 216 Å². The second-order valence-electron chi connectivity index (χ2n) is 33.4. The Bertz CT molecular complexity index is 7530. The molecular formula is C104H74N4S4. The molecule has 0 spiro atoms. The minimum atomic E-state index is -0.297. The highest BCUT2D eigenvalue weighted by Gasteiger charge is 2.44. The van der Waals surface area contributed by atoms with Crippen LogP contribution in [0.15, 0.2) is 303 Å². The molecule has 0 saturated heterocycles. The maximum absolute atomic E-state index is 2.55. The molecule has 8 heteroatoms. The largest absolute Gasteiger partial charge is 0.310 e. The van der Waals surface area contributed by atoms with E-state index in [0.29, 0.717) is 0 Å². The smallest absolute Gasteiger partial charge is 0.0517 e.